The number of nitrogens with zero attached hydrogens (tertiary/aromatic N) is 6. The van der Waals surface area contributed by atoms with Gasteiger partial charge in [0.1, 0.15) is 35.6 Å². The number of carboxylic acid groups (broad SMARTS) is 1. The van der Waals surface area contributed by atoms with E-state index in [-0.39, 0.29) is 42.1 Å². The molecule has 37 heavy (non-hydrogen) atoms. The Balaban J connectivity index is 1.30. The fraction of sp³-hybridized carbons (Fsp3) is 0.600. The number of halogens is 2. The zero-order chi connectivity index (χ0) is 25.6. The molecule has 5 aliphatic heterocycles. The standard InChI is InChI=1S/C25H28F2N6O4/c1-12-5-25(6-14(26)9-31(25)8-12)11-36-23-29-19-16(27)7-28-22-18(19)21(30-23)32-10-15-3-4-17(33(15)24(34)35)20(32)13(2)37-22/h7,13-15,17,20H,1,3-6,8-11H2,2H3,(H,34,35)/t13?,14-,15?,17?,20-,25?/m1/s1. The highest BCUT2D eigenvalue weighted by molar-refractivity contribution is 5.95. The van der Waals surface area contributed by atoms with E-state index in [1.54, 1.807) is 0 Å². The van der Waals surface area contributed by atoms with Gasteiger partial charge in [0.05, 0.1) is 29.9 Å². The molecular weight excluding hydrogens is 486 g/mol. The third-order valence-electron chi connectivity index (χ3n) is 8.74. The molecule has 4 fully saturated rings. The van der Waals surface area contributed by atoms with Crippen molar-refractivity contribution in [2.24, 2.45) is 0 Å². The maximum atomic E-state index is 15.1. The summed E-state index contributed by atoms with van der Waals surface area (Å²) >= 11 is 0. The number of hydrogen-bond donors (Lipinski definition) is 1. The summed E-state index contributed by atoms with van der Waals surface area (Å²) in [6.07, 6.45) is 1.15. The summed E-state index contributed by atoms with van der Waals surface area (Å²) in [4.78, 5) is 31.0. The summed E-state index contributed by atoms with van der Waals surface area (Å²) < 4.78 is 41.7. The van der Waals surface area contributed by atoms with Crippen LogP contribution in [0.1, 0.15) is 32.6 Å². The van der Waals surface area contributed by atoms with Gasteiger partial charge in [-0.15, -0.1) is 0 Å². The van der Waals surface area contributed by atoms with E-state index in [4.69, 9.17) is 14.5 Å². The number of fused-ring (bicyclic) bond motifs is 6. The topological polar surface area (TPSA) is 104 Å². The zero-order valence-electron chi connectivity index (χ0n) is 20.4. The van der Waals surface area contributed by atoms with Crippen LogP contribution < -0.4 is 14.4 Å². The van der Waals surface area contributed by atoms with Crippen LogP contribution >= 0.6 is 0 Å². The van der Waals surface area contributed by atoms with Crippen molar-refractivity contribution in [2.75, 3.05) is 31.1 Å². The van der Waals surface area contributed by atoms with Crippen molar-refractivity contribution in [1.82, 2.24) is 24.8 Å². The number of amides is 1. The van der Waals surface area contributed by atoms with Gasteiger partial charge in [0.15, 0.2) is 5.82 Å². The normalized spacial score (nSPS) is 34.4. The highest BCUT2D eigenvalue weighted by Gasteiger charge is 2.53. The molecule has 10 nitrogen and oxygen atoms in total. The van der Waals surface area contributed by atoms with Crippen LogP contribution in [-0.4, -0.2) is 98.1 Å². The van der Waals surface area contributed by atoms with Crippen molar-refractivity contribution in [3.63, 3.8) is 0 Å². The summed E-state index contributed by atoms with van der Waals surface area (Å²) in [6, 6.07) is -0.849. The first-order chi connectivity index (χ1) is 17.7. The Bertz CT molecular complexity index is 1330. The maximum absolute atomic E-state index is 15.1. The number of piperazine rings is 1. The van der Waals surface area contributed by atoms with Gasteiger partial charge in [0.25, 0.3) is 0 Å². The minimum atomic E-state index is -0.952. The zero-order valence-corrected chi connectivity index (χ0v) is 20.4. The fourth-order valence-electron chi connectivity index (χ4n) is 7.37. The van der Waals surface area contributed by atoms with Crippen molar-refractivity contribution < 1.29 is 28.2 Å². The molecule has 4 saturated heterocycles. The molecule has 12 heteroatoms. The molecule has 1 N–H and O–H groups in total. The second-order valence-corrected chi connectivity index (χ2v) is 11.0. The van der Waals surface area contributed by atoms with E-state index in [2.05, 4.69) is 21.4 Å². The first-order valence-electron chi connectivity index (χ1n) is 12.7. The molecular formula is C25H28F2N6O4. The summed E-state index contributed by atoms with van der Waals surface area (Å²) in [7, 11) is 0. The van der Waals surface area contributed by atoms with Crippen molar-refractivity contribution in [3.8, 4) is 11.9 Å². The number of carbonyl (C=O) groups is 1. The lowest BCUT2D eigenvalue weighted by atomic mass is 9.93. The van der Waals surface area contributed by atoms with E-state index in [0.717, 1.165) is 18.2 Å². The van der Waals surface area contributed by atoms with Crippen molar-refractivity contribution in [2.45, 2.75) is 68.5 Å². The first kappa shape index (κ1) is 22.9. The van der Waals surface area contributed by atoms with Gasteiger partial charge in [-0.25, -0.2) is 18.6 Å². The lowest BCUT2D eigenvalue weighted by molar-refractivity contribution is 0.0705. The quantitative estimate of drug-likeness (QED) is 0.619. The Hall–Kier alpha value is -3.28. The lowest BCUT2D eigenvalue weighted by Crippen LogP contribution is -2.64. The van der Waals surface area contributed by atoms with Crippen LogP contribution in [-0.2, 0) is 0 Å². The van der Waals surface area contributed by atoms with Crippen molar-refractivity contribution in [1.29, 1.82) is 0 Å². The molecule has 1 amide bonds. The predicted molar refractivity (Wildman–Crippen MR) is 128 cm³/mol. The van der Waals surface area contributed by atoms with Crippen molar-refractivity contribution >= 4 is 22.8 Å². The molecule has 5 aliphatic rings. The maximum Gasteiger partial charge on any atom is 0.407 e. The number of aromatic nitrogens is 3. The van der Waals surface area contributed by atoms with E-state index in [9.17, 15) is 14.3 Å². The van der Waals surface area contributed by atoms with E-state index in [0.29, 0.717) is 50.1 Å². The number of ether oxygens (including phenoxy) is 2. The Morgan fingerprint density at radius 3 is 3.00 bits per heavy atom. The molecule has 4 unspecified atom stereocenters. The van der Waals surface area contributed by atoms with Crippen LogP contribution in [0.4, 0.5) is 19.4 Å². The molecule has 0 aliphatic carbocycles. The Kier molecular flexibility index (Phi) is 4.86. The number of alkyl halides is 1. The highest BCUT2D eigenvalue weighted by Crippen LogP contribution is 2.46. The minimum Gasteiger partial charge on any atom is -0.472 e. The van der Waals surface area contributed by atoms with Crippen molar-refractivity contribution in [3.05, 3.63) is 24.2 Å². The van der Waals surface area contributed by atoms with E-state index < -0.39 is 29.7 Å². The number of anilines is 1. The molecule has 2 aromatic heterocycles. The molecule has 0 aromatic carbocycles. The molecule has 0 spiro atoms. The van der Waals surface area contributed by atoms with E-state index in [1.165, 1.54) is 4.90 Å². The van der Waals surface area contributed by atoms with Gasteiger partial charge in [0.2, 0.25) is 5.88 Å². The molecule has 196 valence electrons. The largest absolute Gasteiger partial charge is 0.472 e. The minimum absolute atomic E-state index is 0.00555. The Morgan fingerprint density at radius 1 is 1.35 bits per heavy atom. The van der Waals surface area contributed by atoms with Gasteiger partial charge in [-0.05, 0) is 26.2 Å². The summed E-state index contributed by atoms with van der Waals surface area (Å²) in [5, 5.41) is 10.2. The lowest BCUT2D eigenvalue weighted by Gasteiger charge is -2.47. The molecule has 2 bridgehead atoms. The van der Waals surface area contributed by atoms with Crippen LogP contribution in [0.25, 0.3) is 10.9 Å². The van der Waals surface area contributed by atoms with Crippen LogP contribution in [0.5, 0.6) is 11.9 Å². The molecule has 0 radical (unpaired) electrons. The predicted octanol–water partition coefficient (Wildman–Crippen LogP) is 2.77. The average Bonchev–Trinajstić information content (AvgIpc) is 3.40. The second-order valence-electron chi connectivity index (χ2n) is 11.0. The van der Waals surface area contributed by atoms with Gasteiger partial charge in [-0.1, -0.05) is 12.2 Å². The molecule has 0 saturated carbocycles. The smallest absolute Gasteiger partial charge is 0.407 e. The van der Waals surface area contributed by atoms with Gasteiger partial charge < -0.3 is 19.5 Å². The number of hydrogen-bond acceptors (Lipinski definition) is 8. The van der Waals surface area contributed by atoms with Gasteiger partial charge >= 0.3 is 12.1 Å². The average molecular weight is 515 g/mol. The molecule has 2 aromatic rings. The summed E-state index contributed by atoms with van der Waals surface area (Å²) in [5.74, 6) is 0.0107. The first-order valence-corrected chi connectivity index (χ1v) is 12.7. The summed E-state index contributed by atoms with van der Waals surface area (Å²) in [5.41, 5.74) is 0.548. The van der Waals surface area contributed by atoms with Gasteiger partial charge in [-0.2, -0.15) is 9.97 Å². The van der Waals surface area contributed by atoms with E-state index in [1.807, 2.05) is 11.8 Å². The van der Waals surface area contributed by atoms with Gasteiger partial charge in [0, 0.05) is 26.1 Å². The number of pyridine rings is 1. The third-order valence-corrected chi connectivity index (χ3v) is 8.74. The highest BCUT2D eigenvalue weighted by atomic mass is 19.1. The molecule has 7 heterocycles. The third kappa shape index (κ3) is 3.30. The molecule has 6 atom stereocenters. The SMILES string of the molecule is C=C1CN2C[C@H](F)CC2(COc2nc3c4c(ncc(F)c4n2)OC(C)[C@@H]2C4CCC(CN32)N4C(=O)O)C1. The Morgan fingerprint density at radius 2 is 2.19 bits per heavy atom. The van der Waals surface area contributed by atoms with Crippen LogP contribution in [0, 0.1) is 5.82 Å². The van der Waals surface area contributed by atoms with Crippen LogP contribution in [0.3, 0.4) is 0 Å². The monoisotopic (exact) mass is 514 g/mol. The van der Waals surface area contributed by atoms with Crippen LogP contribution in [0.15, 0.2) is 18.3 Å². The van der Waals surface area contributed by atoms with Crippen LogP contribution in [0.2, 0.25) is 0 Å². The summed E-state index contributed by atoms with van der Waals surface area (Å²) in [6.45, 7) is 7.48. The second kappa shape index (κ2) is 7.86. The van der Waals surface area contributed by atoms with Gasteiger partial charge in [-0.3, -0.25) is 9.80 Å². The number of rotatable bonds is 3. The molecule has 7 rings (SSSR count). The Labute approximate surface area is 211 Å². The van der Waals surface area contributed by atoms with E-state index >= 15 is 4.39 Å². The fourth-order valence-corrected chi connectivity index (χ4v) is 7.37.